The van der Waals surface area contributed by atoms with E-state index in [1.807, 2.05) is 18.2 Å². The van der Waals surface area contributed by atoms with Crippen molar-refractivity contribution in [2.24, 2.45) is 4.99 Å². The van der Waals surface area contributed by atoms with Crippen LogP contribution in [-0.4, -0.2) is 15.6 Å². The normalized spacial score (nSPS) is 12.0. The van der Waals surface area contributed by atoms with Crippen molar-refractivity contribution in [2.75, 3.05) is 5.32 Å². The average Bonchev–Trinajstić information content (AvgIpc) is 2.82. The van der Waals surface area contributed by atoms with Crippen molar-refractivity contribution in [1.82, 2.24) is 9.55 Å². The Morgan fingerprint density at radius 2 is 1.53 bits per heavy atom. The topological polar surface area (TPSA) is 42.2 Å². The van der Waals surface area contributed by atoms with Crippen molar-refractivity contribution in [2.45, 2.75) is 26.4 Å². The van der Waals surface area contributed by atoms with E-state index in [4.69, 9.17) is 9.98 Å². The maximum absolute atomic E-state index is 5.00. The molecule has 32 heavy (non-hydrogen) atoms. The summed E-state index contributed by atoms with van der Waals surface area (Å²) in [4.78, 5) is 9.93. The highest BCUT2D eigenvalue weighted by molar-refractivity contribution is 5.83. The minimum Gasteiger partial charge on any atom is -0.379 e. The average molecular weight is 419 g/mol. The maximum atomic E-state index is 5.00. The fourth-order valence-electron chi connectivity index (χ4n) is 4.02. The third-order valence-electron chi connectivity index (χ3n) is 5.43. The molecule has 0 saturated heterocycles. The quantitative estimate of drug-likeness (QED) is 0.353. The van der Waals surface area contributed by atoms with Gasteiger partial charge in [-0.15, -0.1) is 0 Å². The van der Waals surface area contributed by atoms with Gasteiger partial charge < -0.3 is 9.88 Å². The van der Waals surface area contributed by atoms with Crippen molar-refractivity contribution in [1.29, 1.82) is 0 Å². The van der Waals surface area contributed by atoms with Crippen LogP contribution in [0.25, 0.3) is 28.1 Å². The molecule has 0 saturated carbocycles. The minimum atomic E-state index is 0.184. The van der Waals surface area contributed by atoms with E-state index >= 15 is 0 Å². The fourth-order valence-corrected chi connectivity index (χ4v) is 4.02. The van der Waals surface area contributed by atoms with Crippen molar-refractivity contribution in [3.05, 3.63) is 108 Å². The van der Waals surface area contributed by atoms with Crippen molar-refractivity contribution in [3.63, 3.8) is 0 Å². The van der Waals surface area contributed by atoms with E-state index in [2.05, 4.69) is 103 Å². The number of anilines is 1. The number of fused-ring (bicyclic) bond motifs is 2. The van der Waals surface area contributed by atoms with Gasteiger partial charge in [0.2, 0.25) is 0 Å². The minimum absolute atomic E-state index is 0.184. The highest BCUT2D eigenvalue weighted by atomic mass is 15.0. The summed E-state index contributed by atoms with van der Waals surface area (Å²) in [6, 6.07) is 33.6. The second kappa shape index (κ2) is 8.67. The third-order valence-corrected chi connectivity index (χ3v) is 5.43. The van der Waals surface area contributed by atoms with E-state index in [-0.39, 0.29) is 6.04 Å². The molecular formula is C28H26N4. The van der Waals surface area contributed by atoms with Crippen molar-refractivity contribution >= 4 is 16.7 Å². The first-order chi connectivity index (χ1) is 15.7. The zero-order valence-corrected chi connectivity index (χ0v) is 18.4. The molecule has 1 heterocycles. The number of hydrogen-bond acceptors (Lipinski definition) is 3. The van der Waals surface area contributed by atoms with E-state index < -0.39 is 0 Å². The van der Waals surface area contributed by atoms with Gasteiger partial charge in [-0.05, 0) is 55.8 Å². The van der Waals surface area contributed by atoms with E-state index in [0.717, 1.165) is 45.7 Å². The molecule has 1 aliphatic carbocycles. The molecule has 0 radical (unpaired) electrons. The zero-order valence-electron chi connectivity index (χ0n) is 18.4. The summed E-state index contributed by atoms with van der Waals surface area (Å²) in [7, 11) is 0. The summed E-state index contributed by atoms with van der Waals surface area (Å²) in [6.07, 6.45) is 0. The molecule has 3 aromatic carbocycles. The Morgan fingerprint density at radius 3 is 2.28 bits per heavy atom. The van der Waals surface area contributed by atoms with E-state index in [9.17, 15) is 0 Å². The Balaban J connectivity index is 1.74. The lowest BCUT2D eigenvalue weighted by atomic mass is 10.1. The number of nitrogens with zero attached hydrogens (tertiary/aromatic N) is 3. The number of benzene rings is 4. The lowest BCUT2D eigenvalue weighted by Crippen LogP contribution is -2.18. The molecule has 0 fully saturated rings. The number of hydrogen-bond donors (Lipinski definition) is 1. The largest absolute Gasteiger partial charge is 0.379 e. The molecule has 2 aliphatic rings. The first-order valence-electron chi connectivity index (χ1n) is 11.0. The van der Waals surface area contributed by atoms with Crippen LogP contribution in [0.2, 0.25) is 0 Å². The number of nitrogens with one attached hydrogen (secondary N) is 1. The second-order valence-corrected chi connectivity index (χ2v) is 8.19. The van der Waals surface area contributed by atoms with Crippen LogP contribution in [0.15, 0.2) is 102 Å². The Bertz CT molecular complexity index is 1390. The lowest BCUT2D eigenvalue weighted by Gasteiger charge is -2.20. The standard InChI is InChI=1S/C28H26N4/c1-20(2)30-25-18-28-26(17-24(25)29-19-21-11-5-3-6-12-21)31-23-15-9-10-16-27(23)32(28)22-13-7-4-8-14-22/h3-18,20,29H,19H2,1-2H3. The highest BCUT2D eigenvalue weighted by Crippen LogP contribution is 2.29. The molecular weight excluding hydrogens is 392 g/mol. The highest BCUT2D eigenvalue weighted by Gasteiger charge is 2.16. The first-order valence-corrected chi connectivity index (χ1v) is 11.0. The van der Waals surface area contributed by atoms with Gasteiger partial charge >= 0.3 is 0 Å². The van der Waals surface area contributed by atoms with Gasteiger partial charge in [-0.1, -0.05) is 60.7 Å². The molecule has 5 rings (SSSR count). The first kappa shape index (κ1) is 20.0. The molecule has 1 N–H and O–H groups in total. The predicted molar refractivity (Wildman–Crippen MR) is 132 cm³/mol. The van der Waals surface area contributed by atoms with Crippen LogP contribution in [0.5, 0.6) is 0 Å². The fraction of sp³-hybridized carbons (Fsp3) is 0.143. The molecule has 0 atom stereocenters. The van der Waals surface area contributed by atoms with Gasteiger partial charge in [0.15, 0.2) is 0 Å². The number of para-hydroxylation sites is 3. The van der Waals surface area contributed by atoms with Gasteiger partial charge in [-0.25, -0.2) is 4.98 Å². The van der Waals surface area contributed by atoms with Crippen LogP contribution in [0.3, 0.4) is 0 Å². The van der Waals surface area contributed by atoms with E-state index in [1.54, 1.807) is 0 Å². The molecule has 0 unspecified atom stereocenters. The molecule has 0 aromatic heterocycles. The number of rotatable bonds is 5. The van der Waals surface area contributed by atoms with Crippen LogP contribution in [0.1, 0.15) is 19.4 Å². The van der Waals surface area contributed by atoms with Crippen molar-refractivity contribution in [3.8, 4) is 17.1 Å². The predicted octanol–water partition coefficient (Wildman–Crippen LogP) is 6.05. The summed E-state index contributed by atoms with van der Waals surface area (Å²) in [5, 5.41) is 4.54. The summed E-state index contributed by atoms with van der Waals surface area (Å²) in [6.45, 7) is 4.95. The SMILES string of the molecule is CC(C)N=c1cc2n(-c3ccccc3)c3ccccc3nc-2cc1NCc1ccccc1. The Hall–Kier alpha value is -3.92. The smallest absolute Gasteiger partial charge is 0.0900 e. The summed E-state index contributed by atoms with van der Waals surface area (Å²) < 4.78 is 2.28. The summed E-state index contributed by atoms with van der Waals surface area (Å²) in [5.41, 5.74) is 7.35. The molecule has 158 valence electrons. The Morgan fingerprint density at radius 1 is 0.844 bits per heavy atom. The summed E-state index contributed by atoms with van der Waals surface area (Å²) in [5.74, 6) is 0. The molecule has 0 amide bonds. The lowest BCUT2D eigenvalue weighted by molar-refractivity contribution is 0.805. The molecule has 4 heteroatoms. The Labute approximate surface area is 188 Å². The van der Waals surface area contributed by atoms with E-state index in [0.29, 0.717) is 0 Å². The van der Waals surface area contributed by atoms with Crippen LogP contribution in [0.4, 0.5) is 5.69 Å². The number of aromatic nitrogens is 2. The third kappa shape index (κ3) is 4.00. The van der Waals surface area contributed by atoms with Crippen molar-refractivity contribution < 1.29 is 0 Å². The Kier molecular flexibility index (Phi) is 5.42. The molecule has 0 bridgehead atoms. The molecule has 4 nitrogen and oxygen atoms in total. The van der Waals surface area contributed by atoms with Gasteiger partial charge in [-0.2, -0.15) is 0 Å². The van der Waals surface area contributed by atoms with Crippen LogP contribution >= 0.6 is 0 Å². The molecule has 0 spiro atoms. The monoisotopic (exact) mass is 418 g/mol. The molecule has 1 aliphatic heterocycles. The zero-order chi connectivity index (χ0) is 21.9. The van der Waals surface area contributed by atoms with Crippen LogP contribution in [0, 0.1) is 0 Å². The van der Waals surface area contributed by atoms with E-state index in [1.165, 1.54) is 5.56 Å². The van der Waals surface area contributed by atoms with Crippen LogP contribution in [-0.2, 0) is 6.54 Å². The van der Waals surface area contributed by atoms with Gasteiger partial charge in [0, 0.05) is 18.3 Å². The molecule has 3 aromatic rings. The van der Waals surface area contributed by atoms with Gasteiger partial charge in [-0.3, -0.25) is 4.99 Å². The maximum Gasteiger partial charge on any atom is 0.0900 e. The van der Waals surface area contributed by atoms with Crippen LogP contribution < -0.4 is 10.7 Å². The summed E-state index contributed by atoms with van der Waals surface area (Å²) >= 11 is 0. The van der Waals surface area contributed by atoms with Gasteiger partial charge in [0.05, 0.1) is 33.5 Å². The second-order valence-electron chi connectivity index (χ2n) is 8.19. The van der Waals surface area contributed by atoms with Gasteiger partial charge in [0.1, 0.15) is 0 Å². The van der Waals surface area contributed by atoms with Gasteiger partial charge in [0.25, 0.3) is 0 Å².